The predicted molar refractivity (Wildman–Crippen MR) is 106 cm³/mol. The fraction of sp³-hybridized carbons (Fsp3) is 0.391. The first kappa shape index (κ1) is 18.5. The van der Waals surface area contributed by atoms with E-state index in [2.05, 4.69) is 18.2 Å². The molecule has 1 unspecified atom stereocenters. The summed E-state index contributed by atoms with van der Waals surface area (Å²) in [5, 5.41) is 0. The van der Waals surface area contributed by atoms with E-state index in [1.807, 2.05) is 23.6 Å². The number of ether oxygens (including phenoxy) is 1. The van der Waals surface area contributed by atoms with Crippen LogP contribution in [-0.2, 0) is 17.7 Å². The largest absolute Gasteiger partial charge is 0.469 e. The molecule has 2 aliphatic rings. The maximum Gasteiger partial charge on any atom is 0.355 e. The molecule has 0 amide bonds. The van der Waals surface area contributed by atoms with Crippen molar-refractivity contribution in [2.45, 2.75) is 52.0 Å². The Morgan fingerprint density at radius 2 is 2.18 bits per heavy atom. The predicted octanol–water partition coefficient (Wildman–Crippen LogP) is 4.76. The fourth-order valence-corrected chi connectivity index (χ4v) is 4.35. The second kappa shape index (κ2) is 7.66. The number of fused-ring (bicyclic) bond motifs is 1. The molecular weight excluding hydrogens is 354 g/mol. The van der Waals surface area contributed by atoms with Crippen molar-refractivity contribution in [1.29, 1.82) is 0 Å². The summed E-state index contributed by atoms with van der Waals surface area (Å²) in [6, 6.07) is 3.77. The number of carbonyl (C=O) groups is 2. The van der Waals surface area contributed by atoms with Gasteiger partial charge in [-0.25, -0.2) is 4.79 Å². The van der Waals surface area contributed by atoms with Crippen molar-refractivity contribution in [2.24, 2.45) is 0 Å². The molecule has 0 fully saturated rings. The summed E-state index contributed by atoms with van der Waals surface area (Å²) in [7, 11) is 0. The zero-order chi connectivity index (χ0) is 19.7. The summed E-state index contributed by atoms with van der Waals surface area (Å²) >= 11 is 0. The monoisotopic (exact) mass is 379 g/mol. The van der Waals surface area contributed by atoms with Gasteiger partial charge >= 0.3 is 5.97 Å². The molecule has 0 spiro atoms. The van der Waals surface area contributed by atoms with Crippen LogP contribution < -0.4 is 0 Å². The van der Waals surface area contributed by atoms with Crippen molar-refractivity contribution >= 4 is 11.8 Å². The van der Waals surface area contributed by atoms with E-state index in [4.69, 9.17) is 9.15 Å². The Morgan fingerprint density at radius 1 is 1.32 bits per heavy atom. The molecule has 2 heterocycles. The summed E-state index contributed by atoms with van der Waals surface area (Å²) < 4.78 is 12.9. The summed E-state index contributed by atoms with van der Waals surface area (Å²) in [5.74, 6) is 0.516. The quantitative estimate of drug-likeness (QED) is 0.703. The van der Waals surface area contributed by atoms with E-state index in [-0.39, 0.29) is 17.7 Å². The third-order valence-corrected chi connectivity index (χ3v) is 5.59. The molecule has 0 saturated carbocycles. The Hall–Kier alpha value is -2.82. The number of ketones is 1. The third kappa shape index (κ3) is 3.26. The van der Waals surface area contributed by atoms with Gasteiger partial charge in [0.25, 0.3) is 0 Å². The van der Waals surface area contributed by atoms with Crippen LogP contribution in [0.3, 0.4) is 0 Å². The molecule has 0 radical (unpaired) electrons. The summed E-state index contributed by atoms with van der Waals surface area (Å²) in [6.45, 7) is 4.53. The molecule has 0 N–H and O–H groups in total. The van der Waals surface area contributed by atoms with E-state index >= 15 is 0 Å². The lowest BCUT2D eigenvalue weighted by Gasteiger charge is -2.23. The van der Waals surface area contributed by atoms with Crippen LogP contribution in [0.1, 0.15) is 70.0 Å². The smallest absolute Gasteiger partial charge is 0.355 e. The van der Waals surface area contributed by atoms with Crippen molar-refractivity contribution in [1.82, 2.24) is 4.57 Å². The van der Waals surface area contributed by atoms with E-state index in [0.717, 1.165) is 35.4 Å². The average Bonchev–Trinajstić information content (AvgIpc) is 3.30. The van der Waals surface area contributed by atoms with Crippen LogP contribution in [0.4, 0.5) is 0 Å². The minimum atomic E-state index is -0.364. The maximum absolute atomic E-state index is 13.0. The number of allylic oxidation sites excluding steroid dienone is 4. The van der Waals surface area contributed by atoms with E-state index in [1.54, 1.807) is 13.2 Å². The third-order valence-electron chi connectivity index (χ3n) is 5.59. The number of Topliss-reactive ketones (excluding diaryl/α,β-unsaturated/α-hetero) is 1. The minimum absolute atomic E-state index is 0.00558. The summed E-state index contributed by atoms with van der Waals surface area (Å²) in [6.07, 6.45) is 11.2. The molecule has 5 nitrogen and oxygen atoms in total. The van der Waals surface area contributed by atoms with Gasteiger partial charge in [-0.3, -0.25) is 4.79 Å². The molecule has 146 valence electrons. The molecule has 2 aromatic rings. The van der Waals surface area contributed by atoms with E-state index in [0.29, 0.717) is 37.3 Å². The van der Waals surface area contributed by atoms with E-state index in [9.17, 15) is 9.59 Å². The van der Waals surface area contributed by atoms with Crippen LogP contribution in [0, 0.1) is 6.92 Å². The average molecular weight is 379 g/mol. The molecule has 2 aliphatic carbocycles. The first-order chi connectivity index (χ1) is 13.6. The molecule has 0 aromatic carbocycles. The molecule has 1 atom stereocenters. The van der Waals surface area contributed by atoms with Crippen molar-refractivity contribution in [3.63, 3.8) is 0 Å². The standard InChI is InChI=1S/C23H25NO4/c1-3-27-23(26)22-15(2)21-18(24(22)14-16-8-5-4-6-9-16)12-17(13-19(21)25)20-10-7-11-28-20/h5,7-11,17H,3-4,6,12-14H2,1-2H3. The number of furan rings is 1. The Balaban J connectivity index is 1.81. The van der Waals surface area contributed by atoms with Gasteiger partial charge in [0.2, 0.25) is 0 Å². The van der Waals surface area contributed by atoms with Crippen molar-refractivity contribution in [3.8, 4) is 0 Å². The number of hydrogen-bond donors (Lipinski definition) is 0. The molecule has 28 heavy (non-hydrogen) atoms. The highest BCUT2D eigenvalue weighted by molar-refractivity contribution is 6.04. The van der Waals surface area contributed by atoms with Crippen molar-refractivity contribution in [3.05, 3.63) is 70.5 Å². The molecule has 5 heteroatoms. The van der Waals surface area contributed by atoms with E-state index in [1.165, 1.54) is 0 Å². The lowest BCUT2D eigenvalue weighted by molar-refractivity contribution is 0.0513. The highest BCUT2D eigenvalue weighted by Crippen LogP contribution is 2.37. The van der Waals surface area contributed by atoms with Crippen LogP contribution in [0.15, 0.2) is 46.6 Å². The number of hydrogen-bond acceptors (Lipinski definition) is 4. The molecule has 4 rings (SSSR count). The Bertz CT molecular complexity index is 959. The molecule has 0 saturated heterocycles. The number of rotatable bonds is 5. The second-order valence-electron chi connectivity index (χ2n) is 7.40. The summed E-state index contributed by atoms with van der Waals surface area (Å²) in [4.78, 5) is 25.8. The van der Waals surface area contributed by atoms with Gasteiger partial charge in [-0.15, -0.1) is 0 Å². The number of nitrogens with zero attached hydrogens (tertiary/aromatic N) is 1. The topological polar surface area (TPSA) is 61.4 Å². The lowest BCUT2D eigenvalue weighted by atomic mass is 9.84. The second-order valence-corrected chi connectivity index (χ2v) is 7.40. The zero-order valence-electron chi connectivity index (χ0n) is 16.4. The van der Waals surface area contributed by atoms with Gasteiger partial charge in [-0.2, -0.15) is 0 Å². The van der Waals surface area contributed by atoms with Gasteiger partial charge in [-0.1, -0.05) is 18.2 Å². The van der Waals surface area contributed by atoms with Gasteiger partial charge in [0.05, 0.1) is 12.9 Å². The highest BCUT2D eigenvalue weighted by Gasteiger charge is 2.36. The van der Waals surface area contributed by atoms with Crippen LogP contribution in [0.2, 0.25) is 0 Å². The van der Waals surface area contributed by atoms with Gasteiger partial charge in [0.1, 0.15) is 11.5 Å². The molecule has 0 aliphatic heterocycles. The zero-order valence-corrected chi connectivity index (χ0v) is 16.4. The number of esters is 1. The SMILES string of the molecule is CCOC(=O)c1c(C)c2c(n1CC1=CCCC=C1)CC(c1ccco1)CC2=O. The van der Waals surface area contributed by atoms with Crippen LogP contribution in [-0.4, -0.2) is 22.9 Å². The number of carbonyl (C=O) groups excluding carboxylic acids is 2. The molecule has 0 bridgehead atoms. The fourth-order valence-electron chi connectivity index (χ4n) is 4.35. The Kier molecular flexibility index (Phi) is 5.07. The minimum Gasteiger partial charge on any atom is -0.469 e. The van der Waals surface area contributed by atoms with Crippen LogP contribution in [0.5, 0.6) is 0 Å². The highest BCUT2D eigenvalue weighted by atomic mass is 16.5. The van der Waals surface area contributed by atoms with Crippen LogP contribution in [0.25, 0.3) is 0 Å². The first-order valence-corrected chi connectivity index (χ1v) is 9.91. The molecule has 2 aromatic heterocycles. The van der Waals surface area contributed by atoms with Gasteiger partial charge in [0, 0.05) is 30.1 Å². The van der Waals surface area contributed by atoms with Crippen molar-refractivity contribution in [2.75, 3.05) is 6.61 Å². The Labute approximate surface area is 164 Å². The van der Waals surface area contributed by atoms with Gasteiger partial charge in [0.15, 0.2) is 5.78 Å². The molecular formula is C23H25NO4. The normalized spacial score (nSPS) is 18.7. The van der Waals surface area contributed by atoms with Gasteiger partial charge in [-0.05, 0) is 56.4 Å². The van der Waals surface area contributed by atoms with Crippen LogP contribution >= 0.6 is 0 Å². The van der Waals surface area contributed by atoms with Gasteiger partial charge < -0.3 is 13.7 Å². The Morgan fingerprint density at radius 3 is 2.86 bits per heavy atom. The maximum atomic E-state index is 13.0. The first-order valence-electron chi connectivity index (χ1n) is 9.91. The lowest BCUT2D eigenvalue weighted by Crippen LogP contribution is -2.21. The number of aromatic nitrogens is 1. The van der Waals surface area contributed by atoms with Crippen molar-refractivity contribution < 1.29 is 18.7 Å². The summed E-state index contributed by atoms with van der Waals surface area (Å²) in [5.41, 5.74) is 3.99. The van der Waals surface area contributed by atoms with E-state index < -0.39 is 0 Å².